The Hall–Kier alpha value is -2.56. The lowest BCUT2D eigenvalue weighted by atomic mass is 9.64. The third-order valence-electron chi connectivity index (χ3n) is 4.49. The minimum atomic E-state index is -4.72. The van der Waals surface area contributed by atoms with Gasteiger partial charge in [-0.25, -0.2) is 4.79 Å². The van der Waals surface area contributed by atoms with Gasteiger partial charge in [0.2, 0.25) is 6.79 Å². The van der Waals surface area contributed by atoms with Crippen molar-refractivity contribution >= 4 is 24.8 Å². The molecular weight excluding hydrogens is 408 g/mol. The van der Waals surface area contributed by atoms with Gasteiger partial charge in [-0.3, -0.25) is 9.59 Å². The summed E-state index contributed by atoms with van der Waals surface area (Å²) in [5.41, 5.74) is 0.506. The van der Waals surface area contributed by atoms with E-state index in [-0.39, 0.29) is 23.5 Å². The second-order valence-electron chi connectivity index (χ2n) is 6.97. The Labute approximate surface area is 171 Å². The predicted octanol–water partition coefficient (Wildman–Crippen LogP) is 3.23. The average molecular weight is 430 g/mol. The summed E-state index contributed by atoms with van der Waals surface area (Å²) >= 11 is 0. The topological polar surface area (TPSA) is 99.1 Å². The second kappa shape index (κ2) is 10.5. The summed E-state index contributed by atoms with van der Waals surface area (Å²) in [4.78, 5) is 35.2. The minimum Gasteiger partial charge on any atom is -0.535 e. The number of esters is 2. The van der Waals surface area contributed by atoms with Crippen LogP contribution in [0.5, 0.6) is 5.75 Å². The Morgan fingerprint density at radius 1 is 1.27 bits per heavy atom. The molecule has 7 nitrogen and oxygen atoms in total. The molecule has 2 rings (SSSR count). The first kappa shape index (κ1) is 23.7. The molecule has 1 aliphatic rings. The molecule has 0 aliphatic carbocycles. The van der Waals surface area contributed by atoms with E-state index in [0.29, 0.717) is 18.4 Å². The fourth-order valence-corrected chi connectivity index (χ4v) is 3.03. The molecule has 164 valence electrons. The molecule has 0 aromatic heterocycles. The van der Waals surface area contributed by atoms with Crippen LogP contribution in [0.25, 0.3) is 0 Å². The van der Waals surface area contributed by atoms with E-state index < -0.39 is 44.3 Å². The summed E-state index contributed by atoms with van der Waals surface area (Å²) in [6, 6.07) is 4.56. The zero-order valence-corrected chi connectivity index (χ0v) is 16.4. The zero-order chi connectivity index (χ0) is 22.3. The van der Waals surface area contributed by atoms with Crippen LogP contribution in [0, 0.1) is 0 Å². The van der Waals surface area contributed by atoms with E-state index in [1.165, 1.54) is 6.07 Å². The molecule has 1 aliphatic heterocycles. The van der Waals surface area contributed by atoms with Crippen LogP contribution < -0.4 is 4.65 Å². The molecule has 11 heteroatoms. The first-order chi connectivity index (χ1) is 14.1. The molecule has 0 bridgehead atoms. The molecule has 0 radical (unpaired) electrons. The minimum absolute atomic E-state index is 0.0178. The molecule has 1 N–H and O–H groups in total. The van der Waals surface area contributed by atoms with Crippen molar-refractivity contribution < 1.29 is 46.7 Å². The van der Waals surface area contributed by atoms with Gasteiger partial charge in [-0.05, 0) is 24.5 Å². The normalized spacial score (nSPS) is 15.8. The van der Waals surface area contributed by atoms with E-state index in [4.69, 9.17) is 4.65 Å². The Kier molecular flexibility index (Phi) is 8.28. The Morgan fingerprint density at radius 3 is 2.67 bits per heavy atom. The summed E-state index contributed by atoms with van der Waals surface area (Å²) in [7, 11) is -1.30. The van der Waals surface area contributed by atoms with Gasteiger partial charge in [0.1, 0.15) is 23.5 Å². The Morgan fingerprint density at radius 2 is 2.00 bits per heavy atom. The van der Waals surface area contributed by atoms with Crippen molar-refractivity contribution in [1.29, 1.82) is 0 Å². The molecule has 0 fully saturated rings. The Balaban J connectivity index is 1.98. The maximum atomic E-state index is 12.2. The number of halogens is 3. The number of ether oxygens (including phenoxy) is 2. The van der Waals surface area contributed by atoms with Crippen LogP contribution in [0.2, 0.25) is 5.82 Å². The molecule has 0 spiro atoms. The van der Waals surface area contributed by atoms with Crippen LogP contribution in [-0.2, 0) is 25.5 Å². The standard InChI is InChI=1S/C19H22BF3O7/c1-2-3-6-14(24)9-13-8-12-5-4-7-15(17(12)30-20(13)27)18(26)29-11-28-16(25)10-19(21,22)23/h4-5,7,13,27H,2-3,6,8-11H2,1H3/t13-/m1/s1. The third-order valence-corrected chi connectivity index (χ3v) is 4.49. The lowest BCUT2D eigenvalue weighted by Gasteiger charge is -2.28. The fourth-order valence-electron chi connectivity index (χ4n) is 3.03. The van der Waals surface area contributed by atoms with Gasteiger partial charge in [0, 0.05) is 18.7 Å². The van der Waals surface area contributed by atoms with Crippen molar-refractivity contribution in [2.24, 2.45) is 0 Å². The van der Waals surface area contributed by atoms with Gasteiger partial charge < -0.3 is 19.2 Å². The van der Waals surface area contributed by atoms with Gasteiger partial charge in [0.25, 0.3) is 0 Å². The van der Waals surface area contributed by atoms with Crippen molar-refractivity contribution in [3.05, 3.63) is 29.3 Å². The summed E-state index contributed by atoms with van der Waals surface area (Å²) in [6.45, 7) is 0.981. The number of benzene rings is 1. The number of ketones is 1. The highest BCUT2D eigenvalue weighted by Gasteiger charge is 2.38. The first-order valence-electron chi connectivity index (χ1n) is 9.48. The highest BCUT2D eigenvalue weighted by molar-refractivity contribution is 6.47. The van der Waals surface area contributed by atoms with E-state index in [2.05, 4.69) is 9.47 Å². The summed E-state index contributed by atoms with van der Waals surface area (Å²) < 4.78 is 50.6. The van der Waals surface area contributed by atoms with E-state index >= 15 is 0 Å². The summed E-state index contributed by atoms with van der Waals surface area (Å²) in [5, 5.41) is 10.3. The van der Waals surface area contributed by atoms with E-state index in [0.717, 1.165) is 12.8 Å². The molecular formula is C19H22BF3O7. The molecule has 1 aromatic carbocycles. The van der Waals surface area contributed by atoms with Crippen LogP contribution in [0.1, 0.15) is 54.9 Å². The summed E-state index contributed by atoms with van der Waals surface area (Å²) in [6.07, 6.45) is -4.00. The SMILES string of the molecule is CCCCC(=O)C[C@H]1Cc2cccc(C(=O)OCOC(=O)CC(F)(F)F)c2OB1O. The van der Waals surface area contributed by atoms with Crippen molar-refractivity contribution in [2.75, 3.05) is 6.79 Å². The maximum Gasteiger partial charge on any atom is 0.526 e. The maximum absolute atomic E-state index is 12.2. The third kappa shape index (κ3) is 7.05. The van der Waals surface area contributed by atoms with Crippen molar-refractivity contribution in [3.63, 3.8) is 0 Å². The van der Waals surface area contributed by atoms with Gasteiger partial charge >= 0.3 is 25.2 Å². The molecule has 1 aromatic rings. The second-order valence-corrected chi connectivity index (χ2v) is 6.97. The van der Waals surface area contributed by atoms with Gasteiger partial charge in [-0.2, -0.15) is 13.2 Å². The molecule has 1 atom stereocenters. The number of carbonyl (C=O) groups excluding carboxylic acids is 3. The largest absolute Gasteiger partial charge is 0.535 e. The molecule has 0 unspecified atom stereocenters. The number of unbranched alkanes of at least 4 members (excludes halogenated alkanes) is 1. The Bertz CT molecular complexity index is 782. The van der Waals surface area contributed by atoms with Crippen LogP contribution in [0.15, 0.2) is 18.2 Å². The van der Waals surface area contributed by atoms with Crippen LogP contribution >= 0.6 is 0 Å². The first-order valence-corrected chi connectivity index (χ1v) is 9.48. The highest BCUT2D eigenvalue weighted by atomic mass is 19.4. The van der Waals surface area contributed by atoms with Crippen molar-refractivity contribution in [3.8, 4) is 5.75 Å². The quantitative estimate of drug-likeness (QED) is 0.365. The molecule has 0 saturated carbocycles. The van der Waals surface area contributed by atoms with Crippen LogP contribution in [0.4, 0.5) is 13.2 Å². The number of hydrogen-bond acceptors (Lipinski definition) is 7. The van der Waals surface area contributed by atoms with Gasteiger partial charge in [0.05, 0.1) is 0 Å². The van der Waals surface area contributed by atoms with Gasteiger partial charge in [-0.15, -0.1) is 0 Å². The number of hydrogen-bond donors (Lipinski definition) is 1. The highest BCUT2D eigenvalue weighted by Crippen LogP contribution is 2.36. The van der Waals surface area contributed by atoms with Gasteiger partial charge in [-0.1, -0.05) is 25.5 Å². The van der Waals surface area contributed by atoms with Crippen molar-refractivity contribution in [1.82, 2.24) is 0 Å². The van der Waals surface area contributed by atoms with E-state index in [9.17, 15) is 32.6 Å². The summed E-state index contributed by atoms with van der Waals surface area (Å²) in [5.74, 6) is -2.95. The van der Waals surface area contributed by atoms with E-state index in [1.54, 1.807) is 12.1 Å². The predicted molar refractivity (Wildman–Crippen MR) is 98.7 cm³/mol. The molecule has 0 saturated heterocycles. The number of para-hydroxylation sites is 1. The number of carbonyl (C=O) groups is 3. The van der Waals surface area contributed by atoms with E-state index in [1.807, 2.05) is 6.92 Å². The lowest BCUT2D eigenvalue weighted by molar-refractivity contribution is -0.177. The lowest BCUT2D eigenvalue weighted by Crippen LogP contribution is -2.36. The number of Topliss-reactive ketones (excluding diaryl/α,β-unsaturated/α-hetero) is 1. The smallest absolute Gasteiger partial charge is 0.526 e. The molecule has 30 heavy (non-hydrogen) atoms. The number of rotatable bonds is 9. The molecule has 1 heterocycles. The average Bonchev–Trinajstić information content (AvgIpc) is 2.65. The number of fused-ring (bicyclic) bond motifs is 1. The monoisotopic (exact) mass is 430 g/mol. The van der Waals surface area contributed by atoms with Crippen LogP contribution in [0.3, 0.4) is 0 Å². The van der Waals surface area contributed by atoms with Crippen molar-refractivity contribution in [2.45, 2.75) is 57.4 Å². The molecule has 0 amide bonds. The number of alkyl halides is 3. The van der Waals surface area contributed by atoms with Gasteiger partial charge in [0.15, 0.2) is 0 Å². The van der Waals surface area contributed by atoms with Crippen LogP contribution in [-0.4, -0.2) is 42.8 Å². The zero-order valence-electron chi connectivity index (χ0n) is 16.4. The fraction of sp³-hybridized carbons (Fsp3) is 0.526.